The normalized spacial score (nSPS) is 38.2. The predicted molar refractivity (Wildman–Crippen MR) is 425 cm³/mol. The third-order valence-corrected chi connectivity index (χ3v) is 43.5. The van der Waals surface area contributed by atoms with Crippen molar-refractivity contribution in [2.75, 3.05) is 138 Å². The van der Waals surface area contributed by atoms with Crippen LogP contribution in [0.3, 0.4) is 0 Å². The Kier molecular flexibility index (Phi) is 37.5. The highest BCUT2D eigenvalue weighted by Crippen LogP contribution is 2.47. The van der Waals surface area contributed by atoms with Crippen LogP contribution in [0.25, 0.3) is 0 Å². The number of hydrogen-bond donors (Lipinski definition) is 0. The molecule has 22 rings (SSSR count). The standard InChI is InChI=1S/C78H146N2O30Si4/c1-75(2,3)111(25,26)95-41-47-53-59(83-15)67(91-23)73(103-47)109-55-49(43-97-113(29,30)77(7,8)9)101-71(65(89-21)61(55)85-17)106-52-46(40-94-38-34-36-80)100-70(64(88-20)58(52)82-14)108-54-48(42-96-112(27,28)76(4,5)6)104-74(68(92-24)60(54)84-16)110-56-50(44-98-114(31,32)78(10,11)12)102-72(66(90-22)62(56)86-18)105-51-45(39-93-37-33-35-79)99-69(107-53)63(87-19)57(51)81-13/h45-74H,33-34,37-44H2,1-32H3. The average molecular weight is 1700 g/mol. The molecule has 0 spiro atoms. The van der Waals surface area contributed by atoms with Gasteiger partial charge in [0.15, 0.2) is 71.0 Å². The largest absolute Gasteiger partial charge is 0.414 e. The van der Waals surface area contributed by atoms with Crippen molar-refractivity contribution in [3.05, 3.63) is 0 Å². The molecule has 22 aliphatic rings. The van der Waals surface area contributed by atoms with Crippen LogP contribution in [-0.2, 0) is 141 Å². The molecule has 0 aliphatic carbocycles. The summed E-state index contributed by atoms with van der Waals surface area (Å²) >= 11 is 0. The van der Waals surface area contributed by atoms with Crippen molar-refractivity contribution < 1.29 is 141 Å². The fourth-order valence-corrected chi connectivity index (χ4v) is 18.5. The Morgan fingerprint density at radius 3 is 0.518 bits per heavy atom. The molecule has 22 heterocycles. The minimum absolute atomic E-state index is 0.0208. The maximum Gasteiger partial charge on any atom is 0.192 e. The Labute approximate surface area is 684 Å². The number of ether oxygens (including phenoxy) is 26. The SMILES string of the molecule is COC1C2OC(COCCC#N)C(OC3OC(CO[Si](C)(C)C(C)(C)C)C(OC4OC(CO[Si](C)(C)C(C)(C)C)C(OC5OC(COCCC#N)C(OC6OC(CO[Si](C)(C)C(C)(C)C)C(OC7OC(CO[Si](C)(C)C(C)(C)C)C(O2)C(OC)C7OC)C(OC)C6OC)C(OC)C5OC)C(OC)C4OC)C(OC)C3OC)C1OC. The molecule has 0 aromatic carbocycles. The first-order chi connectivity index (χ1) is 53.5. The molecule has 0 amide bonds. The van der Waals surface area contributed by atoms with Gasteiger partial charge in [0.1, 0.15) is 146 Å². The summed E-state index contributed by atoms with van der Waals surface area (Å²) in [5.74, 6) is 0. The van der Waals surface area contributed by atoms with E-state index in [1.54, 1.807) is 28.4 Å². The minimum Gasteiger partial charge on any atom is -0.414 e. The van der Waals surface area contributed by atoms with Crippen LogP contribution in [0.1, 0.15) is 95.9 Å². The molecule has 32 nitrogen and oxygen atoms in total. The van der Waals surface area contributed by atoms with Gasteiger partial charge in [0, 0.05) is 85.3 Å². The zero-order chi connectivity index (χ0) is 85.0. The number of hydrogen-bond acceptors (Lipinski definition) is 32. The highest BCUT2D eigenvalue weighted by Gasteiger charge is 2.63. The average Bonchev–Trinajstić information content (AvgIpc) is 0.759. The monoisotopic (exact) mass is 1700 g/mol. The van der Waals surface area contributed by atoms with Gasteiger partial charge in [0.25, 0.3) is 0 Å². The lowest BCUT2D eigenvalue weighted by molar-refractivity contribution is -0.409. The highest BCUT2D eigenvalue weighted by atomic mass is 28.4. The van der Waals surface area contributed by atoms with Gasteiger partial charge in [-0.15, -0.1) is 0 Å². The van der Waals surface area contributed by atoms with Gasteiger partial charge < -0.3 is 141 Å². The first-order valence-electron chi connectivity index (χ1n) is 40.1. The van der Waals surface area contributed by atoms with Crippen molar-refractivity contribution in [3.63, 3.8) is 0 Å². The third-order valence-electron chi connectivity index (χ3n) is 25.5. The summed E-state index contributed by atoms with van der Waals surface area (Å²) in [5.41, 5.74) is 0. The molecule has 36 heteroatoms. The van der Waals surface area contributed by atoms with E-state index in [1.165, 1.54) is 56.9 Å². The van der Waals surface area contributed by atoms with E-state index in [9.17, 15) is 10.5 Å². The molecule has 22 aliphatic heterocycles. The summed E-state index contributed by atoms with van der Waals surface area (Å²) in [6.07, 6.45) is -32.7. The van der Waals surface area contributed by atoms with Gasteiger partial charge in [0.2, 0.25) is 0 Å². The maximum atomic E-state index is 9.81. The maximum absolute atomic E-state index is 9.81. The lowest BCUT2D eigenvalue weighted by Gasteiger charge is -2.53. The lowest BCUT2D eigenvalue weighted by Crippen LogP contribution is -2.70. The zero-order valence-corrected chi connectivity index (χ0v) is 78.5. The number of methoxy groups -OCH3 is 12. The number of rotatable bonds is 32. The lowest BCUT2D eigenvalue weighted by atomic mass is 9.94. The Hall–Kier alpha value is -1.35. The summed E-state index contributed by atoms with van der Waals surface area (Å²) < 4.78 is 208. The summed E-state index contributed by atoms with van der Waals surface area (Å²) in [7, 11) is 8.04. The highest BCUT2D eigenvalue weighted by molar-refractivity contribution is 6.75. The summed E-state index contributed by atoms with van der Waals surface area (Å²) in [6.45, 7) is 42.8. The Morgan fingerprint density at radius 2 is 0.386 bits per heavy atom. The topological polar surface area (TPSA) is 324 Å². The molecule has 22 saturated heterocycles. The molecule has 0 aromatic rings. The summed E-state index contributed by atoms with van der Waals surface area (Å²) in [4.78, 5) is 0. The van der Waals surface area contributed by atoms with Crippen LogP contribution in [0.2, 0.25) is 72.5 Å². The first-order valence-corrected chi connectivity index (χ1v) is 51.7. The zero-order valence-electron chi connectivity index (χ0n) is 74.5. The van der Waals surface area contributed by atoms with Crippen LogP contribution in [0.15, 0.2) is 0 Å². The van der Waals surface area contributed by atoms with E-state index in [1.807, 2.05) is 0 Å². The van der Waals surface area contributed by atoms with Crippen LogP contribution in [0.4, 0.5) is 0 Å². The second kappa shape index (κ2) is 42.8. The molecule has 0 saturated carbocycles. The van der Waals surface area contributed by atoms with Gasteiger partial charge in [-0.25, -0.2) is 0 Å². The molecular formula is C78H146N2O30Si4. The van der Waals surface area contributed by atoms with E-state index >= 15 is 0 Å². The van der Waals surface area contributed by atoms with Gasteiger partial charge in [-0.3, -0.25) is 0 Å². The van der Waals surface area contributed by atoms with Crippen LogP contribution in [0, 0.1) is 22.7 Å². The number of nitrogens with zero attached hydrogens (tertiary/aromatic N) is 2. The molecule has 0 aromatic heterocycles. The van der Waals surface area contributed by atoms with E-state index in [2.05, 4.69) is 148 Å². The van der Waals surface area contributed by atoms with Gasteiger partial charge in [-0.1, -0.05) is 83.1 Å². The quantitative estimate of drug-likeness (QED) is 0.0448. The van der Waals surface area contributed by atoms with Crippen LogP contribution >= 0.6 is 0 Å². The van der Waals surface area contributed by atoms with Crippen LogP contribution in [-0.4, -0.2) is 356 Å². The smallest absolute Gasteiger partial charge is 0.192 e. The first kappa shape index (κ1) is 99.7. The van der Waals surface area contributed by atoms with Crippen molar-refractivity contribution in [1.82, 2.24) is 0 Å². The van der Waals surface area contributed by atoms with Gasteiger partial charge >= 0.3 is 0 Å². The second-order valence-corrected chi connectivity index (χ2v) is 55.8. The minimum atomic E-state index is -2.61. The molecular weight excluding hydrogens is 1560 g/mol. The Morgan fingerprint density at radius 1 is 0.237 bits per heavy atom. The predicted octanol–water partition coefficient (Wildman–Crippen LogP) is 8.79. The van der Waals surface area contributed by atoms with Crippen molar-refractivity contribution in [1.29, 1.82) is 10.5 Å². The summed E-state index contributed by atoms with van der Waals surface area (Å²) in [6, 6.07) is 4.36. The Bertz CT molecular complexity index is 2680. The fourth-order valence-electron chi connectivity index (χ4n) is 14.4. The van der Waals surface area contributed by atoms with E-state index < -0.39 is 218 Å². The van der Waals surface area contributed by atoms with Crippen molar-refractivity contribution in [2.24, 2.45) is 0 Å². The molecule has 22 fully saturated rings. The van der Waals surface area contributed by atoms with Crippen molar-refractivity contribution in [2.45, 2.75) is 353 Å². The third kappa shape index (κ3) is 23.4. The molecule has 12 bridgehead atoms. The van der Waals surface area contributed by atoms with E-state index in [0.717, 1.165) is 0 Å². The van der Waals surface area contributed by atoms with E-state index in [4.69, 9.17) is 141 Å². The van der Waals surface area contributed by atoms with Crippen LogP contribution in [0.5, 0.6) is 0 Å². The molecule has 664 valence electrons. The van der Waals surface area contributed by atoms with Gasteiger partial charge in [0.05, 0.1) is 77.8 Å². The fraction of sp³-hybridized carbons (Fsp3) is 0.974. The Balaban J connectivity index is 1.50. The molecule has 0 N–H and O–H groups in total. The molecule has 114 heavy (non-hydrogen) atoms. The van der Waals surface area contributed by atoms with Gasteiger partial charge in [-0.2, -0.15) is 10.5 Å². The van der Waals surface area contributed by atoms with E-state index in [0.29, 0.717) is 0 Å². The van der Waals surface area contributed by atoms with Gasteiger partial charge in [-0.05, 0) is 72.5 Å². The van der Waals surface area contributed by atoms with Crippen LogP contribution < -0.4 is 0 Å². The number of nitriles is 2. The molecule has 30 atom stereocenters. The second-order valence-electron chi connectivity index (χ2n) is 36.5. The van der Waals surface area contributed by atoms with Crippen molar-refractivity contribution in [3.8, 4) is 12.1 Å². The van der Waals surface area contributed by atoms with Crippen molar-refractivity contribution >= 4 is 33.3 Å². The molecule has 30 unspecified atom stereocenters. The van der Waals surface area contributed by atoms with E-state index in [-0.39, 0.29) is 85.8 Å². The summed E-state index contributed by atoms with van der Waals surface area (Å²) in [5, 5.41) is 18.6. The molecule has 0 radical (unpaired) electrons.